The number of aromatic nitrogens is 2. The number of para-hydroxylation sites is 1. The molecule has 0 amide bonds. The van der Waals surface area contributed by atoms with Crippen LogP contribution < -0.4 is 5.43 Å². The van der Waals surface area contributed by atoms with E-state index in [2.05, 4.69) is 38.7 Å². The lowest BCUT2D eigenvalue weighted by Crippen LogP contribution is -2.01. The molecule has 0 saturated carbocycles. The van der Waals surface area contributed by atoms with Gasteiger partial charge in [-0.3, -0.25) is 5.43 Å². The molecule has 24 heavy (non-hydrogen) atoms. The molecule has 0 unspecified atom stereocenters. The molecule has 0 radical (unpaired) electrons. The zero-order valence-corrected chi connectivity index (χ0v) is 12.9. The molecule has 0 aliphatic heterocycles. The molecule has 5 nitrogen and oxygen atoms in total. The number of nitrogens with zero attached hydrogens (tertiary/aromatic N) is 3. The first-order chi connectivity index (χ1) is 11.9. The van der Waals surface area contributed by atoms with Gasteiger partial charge in [-0.1, -0.05) is 36.4 Å². The second-order valence-corrected chi connectivity index (χ2v) is 5.83. The third-order valence-corrected chi connectivity index (χ3v) is 4.41. The number of hydrogen-bond acceptors (Lipinski definition) is 5. The van der Waals surface area contributed by atoms with Crippen molar-refractivity contribution >= 4 is 33.6 Å². The molecule has 116 valence electrons. The monoisotopic (exact) mass is 314 g/mol. The van der Waals surface area contributed by atoms with Gasteiger partial charge >= 0.3 is 0 Å². The SMILES string of the molecule is c1ccc2c(c1)CC/C2=N\Nc1ncnc2c1oc1ccccc12. The highest BCUT2D eigenvalue weighted by molar-refractivity contribution is 6.07. The van der Waals surface area contributed by atoms with Crippen molar-refractivity contribution in [3.8, 4) is 0 Å². The fourth-order valence-corrected chi connectivity index (χ4v) is 3.25. The van der Waals surface area contributed by atoms with Crippen molar-refractivity contribution in [2.24, 2.45) is 5.10 Å². The van der Waals surface area contributed by atoms with Crippen molar-refractivity contribution in [2.45, 2.75) is 12.8 Å². The van der Waals surface area contributed by atoms with E-state index in [1.165, 1.54) is 17.5 Å². The molecule has 0 bridgehead atoms. The summed E-state index contributed by atoms with van der Waals surface area (Å²) < 4.78 is 5.91. The molecule has 0 fully saturated rings. The molecule has 1 aliphatic rings. The average molecular weight is 314 g/mol. The second-order valence-electron chi connectivity index (χ2n) is 5.83. The number of nitrogens with one attached hydrogen (secondary N) is 1. The Labute approximate surface area is 138 Å². The first-order valence-electron chi connectivity index (χ1n) is 7.93. The number of furan rings is 1. The lowest BCUT2D eigenvalue weighted by Gasteiger charge is -2.02. The van der Waals surface area contributed by atoms with Crippen molar-refractivity contribution in [3.05, 3.63) is 66.0 Å². The topological polar surface area (TPSA) is 63.3 Å². The Balaban J connectivity index is 1.57. The minimum absolute atomic E-state index is 0.591. The van der Waals surface area contributed by atoms with Gasteiger partial charge in [0.1, 0.15) is 17.4 Å². The van der Waals surface area contributed by atoms with E-state index in [4.69, 9.17) is 4.42 Å². The molecule has 2 aromatic heterocycles. The van der Waals surface area contributed by atoms with E-state index in [0.717, 1.165) is 35.0 Å². The summed E-state index contributed by atoms with van der Waals surface area (Å²) in [6.45, 7) is 0. The van der Waals surface area contributed by atoms with E-state index >= 15 is 0 Å². The maximum absolute atomic E-state index is 5.91. The summed E-state index contributed by atoms with van der Waals surface area (Å²) in [4.78, 5) is 8.65. The predicted molar refractivity (Wildman–Crippen MR) is 94.2 cm³/mol. The molecule has 5 heteroatoms. The number of benzene rings is 2. The molecule has 0 spiro atoms. The Morgan fingerprint density at radius 2 is 1.83 bits per heavy atom. The van der Waals surface area contributed by atoms with Crippen molar-refractivity contribution in [3.63, 3.8) is 0 Å². The van der Waals surface area contributed by atoms with Gasteiger partial charge in [0, 0.05) is 10.9 Å². The molecular formula is C19H14N4O. The molecule has 0 saturated heterocycles. The van der Waals surface area contributed by atoms with Crippen LogP contribution in [0.15, 0.2) is 64.4 Å². The van der Waals surface area contributed by atoms with Crippen LogP contribution in [0.5, 0.6) is 0 Å². The van der Waals surface area contributed by atoms with Crippen LogP contribution in [-0.2, 0) is 6.42 Å². The van der Waals surface area contributed by atoms with Crippen LogP contribution in [-0.4, -0.2) is 15.7 Å². The van der Waals surface area contributed by atoms with E-state index in [-0.39, 0.29) is 0 Å². The fraction of sp³-hybridized carbons (Fsp3) is 0.105. The quantitative estimate of drug-likeness (QED) is 0.565. The summed E-state index contributed by atoms with van der Waals surface area (Å²) >= 11 is 0. The molecule has 1 aliphatic carbocycles. The van der Waals surface area contributed by atoms with Gasteiger partial charge in [-0.05, 0) is 30.5 Å². The maximum atomic E-state index is 5.91. The van der Waals surface area contributed by atoms with Crippen molar-refractivity contribution in [1.29, 1.82) is 0 Å². The van der Waals surface area contributed by atoms with Gasteiger partial charge in [0.2, 0.25) is 0 Å². The van der Waals surface area contributed by atoms with Gasteiger partial charge in [0.05, 0.1) is 5.71 Å². The van der Waals surface area contributed by atoms with Crippen molar-refractivity contribution in [2.75, 3.05) is 5.43 Å². The molecule has 2 aromatic carbocycles. The fourth-order valence-electron chi connectivity index (χ4n) is 3.25. The van der Waals surface area contributed by atoms with E-state index in [0.29, 0.717) is 11.4 Å². The highest BCUT2D eigenvalue weighted by Gasteiger charge is 2.17. The number of hydrazone groups is 1. The van der Waals surface area contributed by atoms with Crippen LogP contribution in [0.1, 0.15) is 17.5 Å². The Kier molecular flexibility index (Phi) is 2.85. The van der Waals surface area contributed by atoms with Gasteiger partial charge in [-0.15, -0.1) is 0 Å². The van der Waals surface area contributed by atoms with Gasteiger partial charge < -0.3 is 4.42 Å². The Hall–Kier alpha value is -3.21. The average Bonchev–Trinajstić information content (AvgIpc) is 3.21. The Morgan fingerprint density at radius 1 is 0.958 bits per heavy atom. The second kappa shape index (κ2) is 5.16. The van der Waals surface area contributed by atoms with Gasteiger partial charge in [0.25, 0.3) is 0 Å². The normalized spacial score (nSPS) is 15.2. The zero-order chi connectivity index (χ0) is 15.9. The molecule has 0 atom stereocenters. The molecule has 2 heterocycles. The van der Waals surface area contributed by atoms with Gasteiger partial charge in [-0.25, -0.2) is 9.97 Å². The Morgan fingerprint density at radius 3 is 2.83 bits per heavy atom. The summed E-state index contributed by atoms with van der Waals surface area (Å²) in [7, 11) is 0. The summed E-state index contributed by atoms with van der Waals surface area (Å²) in [5.74, 6) is 0.591. The van der Waals surface area contributed by atoms with Crippen LogP contribution in [0.3, 0.4) is 0 Å². The summed E-state index contributed by atoms with van der Waals surface area (Å²) in [6.07, 6.45) is 3.50. The van der Waals surface area contributed by atoms with Crippen molar-refractivity contribution < 1.29 is 4.42 Å². The highest BCUT2D eigenvalue weighted by atomic mass is 16.3. The largest absolute Gasteiger partial charge is 0.450 e. The molecule has 4 aromatic rings. The van der Waals surface area contributed by atoms with E-state index in [9.17, 15) is 0 Å². The maximum Gasteiger partial charge on any atom is 0.197 e. The minimum atomic E-state index is 0.591. The summed E-state index contributed by atoms with van der Waals surface area (Å²) in [5.41, 5.74) is 8.91. The lowest BCUT2D eigenvalue weighted by atomic mass is 10.1. The van der Waals surface area contributed by atoms with Crippen LogP contribution in [0.25, 0.3) is 22.1 Å². The third-order valence-electron chi connectivity index (χ3n) is 4.41. The highest BCUT2D eigenvalue weighted by Crippen LogP contribution is 2.30. The number of rotatable bonds is 2. The van der Waals surface area contributed by atoms with E-state index in [1.54, 1.807) is 0 Å². The van der Waals surface area contributed by atoms with Crippen LogP contribution in [0.2, 0.25) is 0 Å². The molecular weight excluding hydrogens is 300 g/mol. The number of fused-ring (bicyclic) bond motifs is 4. The van der Waals surface area contributed by atoms with Crippen LogP contribution in [0, 0.1) is 0 Å². The first kappa shape index (κ1) is 13.2. The number of aryl methyl sites for hydroxylation is 1. The summed E-state index contributed by atoms with van der Waals surface area (Å²) in [5, 5.41) is 5.55. The van der Waals surface area contributed by atoms with Crippen LogP contribution in [0.4, 0.5) is 5.82 Å². The predicted octanol–water partition coefficient (Wildman–Crippen LogP) is 4.14. The molecule has 1 N–H and O–H groups in total. The van der Waals surface area contributed by atoms with Crippen LogP contribution >= 0.6 is 0 Å². The van der Waals surface area contributed by atoms with E-state index in [1.807, 2.05) is 30.3 Å². The van der Waals surface area contributed by atoms with E-state index < -0.39 is 0 Å². The van der Waals surface area contributed by atoms with Gasteiger partial charge in [-0.2, -0.15) is 5.10 Å². The lowest BCUT2D eigenvalue weighted by molar-refractivity contribution is 0.667. The Bertz CT molecular complexity index is 1100. The van der Waals surface area contributed by atoms with Crippen molar-refractivity contribution in [1.82, 2.24) is 9.97 Å². The smallest absolute Gasteiger partial charge is 0.197 e. The van der Waals surface area contributed by atoms with Gasteiger partial charge in [0.15, 0.2) is 11.4 Å². The summed E-state index contributed by atoms with van der Waals surface area (Å²) in [6, 6.07) is 16.2. The molecule has 5 rings (SSSR count). The number of hydrogen-bond donors (Lipinski definition) is 1. The standard InChI is InChI=1S/C19H14N4O/c1-2-6-13-12(5-1)9-10-15(13)22-23-19-18-17(20-11-21-19)14-7-3-4-8-16(14)24-18/h1-8,11H,9-10H2,(H,20,21,23)/b22-15+. The number of anilines is 1. The minimum Gasteiger partial charge on any atom is -0.450 e. The third kappa shape index (κ3) is 1.98. The first-order valence-corrected chi connectivity index (χ1v) is 7.93. The zero-order valence-electron chi connectivity index (χ0n) is 12.9.